The number of aliphatic hydroxyl groups is 3. The molecule has 1 unspecified atom stereocenters. The van der Waals surface area contributed by atoms with Gasteiger partial charge in [-0.15, -0.1) is 0 Å². The number of carboxylic acids is 1. The third kappa shape index (κ3) is 5.72. The third-order valence-corrected chi connectivity index (χ3v) is 3.37. The van der Waals surface area contributed by atoms with Crippen molar-refractivity contribution >= 4 is 5.97 Å². The standard InChI is InChI=1S/C13H24O7/c1-7(3-4-9(14)5-12(17)18)19-13-11(16)6-10(15)8(2)20-13/h7-11,13-16H,3-6H2,1-2H3,(H,17,18)/t7-,8+,9?,10-,11-,13-/m1/s1. The van der Waals surface area contributed by atoms with Crippen molar-refractivity contribution in [2.75, 3.05) is 0 Å². The number of ether oxygens (including phenoxy) is 2. The molecule has 1 saturated heterocycles. The lowest BCUT2D eigenvalue weighted by molar-refractivity contribution is -0.273. The molecule has 0 saturated carbocycles. The molecule has 118 valence electrons. The van der Waals surface area contributed by atoms with E-state index in [0.717, 1.165) is 0 Å². The van der Waals surface area contributed by atoms with Crippen molar-refractivity contribution in [2.45, 2.75) is 76.3 Å². The van der Waals surface area contributed by atoms with Crippen LogP contribution in [0.5, 0.6) is 0 Å². The monoisotopic (exact) mass is 292 g/mol. The molecule has 0 amide bonds. The van der Waals surface area contributed by atoms with E-state index in [1.54, 1.807) is 13.8 Å². The molecule has 1 aliphatic rings. The molecule has 1 aliphatic heterocycles. The Kier molecular flexibility index (Phi) is 6.84. The maximum Gasteiger partial charge on any atom is 0.305 e. The van der Waals surface area contributed by atoms with E-state index in [2.05, 4.69) is 0 Å². The Hall–Kier alpha value is -0.730. The van der Waals surface area contributed by atoms with Crippen molar-refractivity contribution in [1.29, 1.82) is 0 Å². The van der Waals surface area contributed by atoms with Gasteiger partial charge in [0.25, 0.3) is 0 Å². The number of rotatable bonds is 7. The zero-order chi connectivity index (χ0) is 15.3. The van der Waals surface area contributed by atoms with Crippen LogP contribution in [0.25, 0.3) is 0 Å². The largest absolute Gasteiger partial charge is 0.481 e. The van der Waals surface area contributed by atoms with Gasteiger partial charge in [0.05, 0.1) is 30.8 Å². The Bertz CT molecular complexity index is 309. The highest BCUT2D eigenvalue weighted by atomic mass is 16.7. The lowest BCUT2D eigenvalue weighted by Gasteiger charge is -2.36. The first-order valence-electron chi connectivity index (χ1n) is 6.86. The van der Waals surface area contributed by atoms with Crippen LogP contribution >= 0.6 is 0 Å². The second kappa shape index (κ2) is 7.90. The van der Waals surface area contributed by atoms with Gasteiger partial charge in [0, 0.05) is 6.42 Å². The highest BCUT2D eigenvalue weighted by Crippen LogP contribution is 2.23. The van der Waals surface area contributed by atoms with E-state index in [1.165, 1.54) is 0 Å². The first-order valence-corrected chi connectivity index (χ1v) is 6.86. The summed E-state index contributed by atoms with van der Waals surface area (Å²) in [6, 6.07) is 0. The quantitative estimate of drug-likeness (QED) is 0.516. The normalized spacial score (nSPS) is 33.6. The van der Waals surface area contributed by atoms with Crippen molar-refractivity contribution in [2.24, 2.45) is 0 Å². The summed E-state index contributed by atoms with van der Waals surface area (Å²) in [6.45, 7) is 3.47. The third-order valence-electron chi connectivity index (χ3n) is 3.37. The number of hydrogen-bond acceptors (Lipinski definition) is 6. The van der Waals surface area contributed by atoms with Crippen LogP contribution in [0.3, 0.4) is 0 Å². The Labute approximate surface area is 118 Å². The van der Waals surface area contributed by atoms with E-state index < -0.39 is 36.7 Å². The molecule has 6 atom stereocenters. The summed E-state index contributed by atoms with van der Waals surface area (Å²) in [5.74, 6) is -1.04. The van der Waals surface area contributed by atoms with Gasteiger partial charge in [0.2, 0.25) is 0 Å². The lowest BCUT2D eigenvalue weighted by Crippen LogP contribution is -2.48. The summed E-state index contributed by atoms with van der Waals surface area (Å²) in [5.41, 5.74) is 0. The molecule has 1 fully saturated rings. The zero-order valence-corrected chi connectivity index (χ0v) is 11.8. The first kappa shape index (κ1) is 17.3. The van der Waals surface area contributed by atoms with Gasteiger partial charge in [0.15, 0.2) is 6.29 Å². The average molecular weight is 292 g/mol. The summed E-state index contributed by atoms with van der Waals surface area (Å²) in [7, 11) is 0. The molecular weight excluding hydrogens is 268 g/mol. The Morgan fingerprint density at radius 3 is 2.60 bits per heavy atom. The van der Waals surface area contributed by atoms with Crippen molar-refractivity contribution in [3.05, 3.63) is 0 Å². The van der Waals surface area contributed by atoms with Crippen LogP contribution in [-0.4, -0.2) is 63.2 Å². The summed E-state index contributed by atoms with van der Waals surface area (Å²) in [5, 5.41) is 37.3. The van der Waals surface area contributed by atoms with Crippen molar-refractivity contribution in [3.8, 4) is 0 Å². The van der Waals surface area contributed by atoms with Crippen LogP contribution in [0.2, 0.25) is 0 Å². The van der Waals surface area contributed by atoms with Gasteiger partial charge >= 0.3 is 5.97 Å². The van der Waals surface area contributed by atoms with Gasteiger partial charge < -0.3 is 29.9 Å². The molecule has 20 heavy (non-hydrogen) atoms. The van der Waals surface area contributed by atoms with E-state index in [4.69, 9.17) is 14.6 Å². The summed E-state index contributed by atoms with van der Waals surface area (Å²) >= 11 is 0. The van der Waals surface area contributed by atoms with E-state index in [9.17, 15) is 20.1 Å². The molecular formula is C13H24O7. The SMILES string of the molecule is C[C@H](CCC(O)CC(=O)O)O[C@@H]1O[C@@H](C)[C@H](O)C[C@H]1O. The smallest absolute Gasteiger partial charge is 0.305 e. The molecule has 0 bridgehead atoms. The van der Waals surface area contributed by atoms with Crippen molar-refractivity contribution in [3.63, 3.8) is 0 Å². The minimum absolute atomic E-state index is 0.195. The highest BCUT2D eigenvalue weighted by Gasteiger charge is 2.35. The summed E-state index contributed by atoms with van der Waals surface area (Å²) in [4.78, 5) is 10.4. The predicted molar refractivity (Wildman–Crippen MR) is 69.0 cm³/mol. The second-order valence-corrected chi connectivity index (χ2v) is 5.36. The highest BCUT2D eigenvalue weighted by molar-refractivity contribution is 5.67. The summed E-state index contributed by atoms with van der Waals surface area (Å²) in [6.07, 6.45) is -3.36. The summed E-state index contributed by atoms with van der Waals surface area (Å²) < 4.78 is 10.9. The minimum Gasteiger partial charge on any atom is -0.481 e. The zero-order valence-electron chi connectivity index (χ0n) is 11.8. The van der Waals surface area contributed by atoms with Crippen LogP contribution in [0.15, 0.2) is 0 Å². The molecule has 7 nitrogen and oxygen atoms in total. The second-order valence-electron chi connectivity index (χ2n) is 5.36. The van der Waals surface area contributed by atoms with E-state index in [0.29, 0.717) is 12.8 Å². The Morgan fingerprint density at radius 2 is 2.00 bits per heavy atom. The topological polar surface area (TPSA) is 116 Å². The van der Waals surface area contributed by atoms with E-state index >= 15 is 0 Å². The van der Waals surface area contributed by atoms with Crippen molar-refractivity contribution in [1.82, 2.24) is 0 Å². The van der Waals surface area contributed by atoms with Crippen LogP contribution in [-0.2, 0) is 14.3 Å². The molecule has 0 spiro atoms. The maximum atomic E-state index is 10.4. The first-order chi connectivity index (χ1) is 9.29. The molecule has 0 aliphatic carbocycles. The predicted octanol–water partition coefficient (Wildman–Crippen LogP) is -0.136. The fourth-order valence-corrected chi connectivity index (χ4v) is 2.09. The van der Waals surface area contributed by atoms with Crippen molar-refractivity contribution < 1.29 is 34.7 Å². The molecule has 0 radical (unpaired) electrons. The molecule has 0 aromatic heterocycles. The average Bonchev–Trinajstić information content (AvgIpc) is 2.32. The number of aliphatic carboxylic acids is 1. The fraction of sp³-hybridized carbons (Fsp3) is 0.923. The van der Waals surface area contributed by atoms with Crippen LogP contribution < -0.4 is 0 Å². The molecule has 1 rings (SSSR count). The molecule has 4 N–H and O–H groups in total. The minimum atomic E-state index is -1.04. The number of carboxylic acid groups (broad SMARTS) is 1. The molecule has 0 aromatic rings. The van der Waals surface area contributed by atoms with Crippen LogP contribution in [0.1, 0.15) is 39.5 Å². The number of hydrogen-bond donors (Lipinski definition) is 4. The van der Waals surface area contributed by atoms with Crippen LogP contribution in [0.4, 0.5) is 0 Å². The Morgan fingerprint density at radius 1 is 1.35 bits per heavy atom. The van der Waals surface area contributed by atoms with Gasteiger partial charge in [-0.1, -0.05) is 0 Å². The van der Waals surface area contributed by atoms with Gasteiger partial charge in [0.1, 0.15) is 6.10 Å². The van der Waals surface area contributed by atoms with Gasteiger partial charge in [-0.25, -0.2) is 0 Å². The number of carbonyl (C=O) groups is 1. The molecule has 1 heterocycles. The van der Waals surface area contributed by atoms with Gasteiger partial charge in [-0.2, -0.15) is 0 Å². The van der Waals surface area contributed by atoms with Crippen LogP contribution in [0, 0.1) is 0 Å². The van der Waals surface area contributed by atoms with Gasteiger partial charge in [-0.3, -0.25) is 4.79 Å². The maximum absolute atomic E-state index is 10.4. The van der Waals surface area contributed by atoms with E-state index in [-0.39, 0.29) is 18.9 Å². The van der Waals surface area contributed by atoms with E-state index in [1.807, 2.05) is 0 Å². The fourth-order valence-electron chi connectivity index (χ4n) is 2.09. The molecule has 0 aromatic carbocycles. The number of aliphatic hydroxyl groups excluding tert-OH is 3. The molecule has 7 heteroatoms. The van der Waals surface area contributed by atoms with Gasteiger partial charge in [-0.05, 0) is 26.7 Å². The lowest BCUT2D eigenvalue weighted by atomic mass is 10.0. The Balaban J connectivity index is 2.31.